The van der Waals surface area contributed by atoms with Crippen LogP contribution in [0.2, 0.25) is 0 Å². The van der Waals surface area contributed by atoms with E-state index in [1.54, 1.807) is 0 Å². The number of benzene rings is 2. The van der Waals surface area contributed by atoms with Crippen LogP contribution in [0.1, 0.15) is 89.5 Å². The molecule has 2 nitrogen and oxygen atoms in total. The average Bonchev–Trinajstić information content (AvgIpc) is 2.78. The average molecular weight is 407 g/mol. The highest BCUT2D eigenvalue weighted by Crippen LogP contribution is 2.36. The number of ketones is 1. The Morgan fingerprint density at radius 1 is 0.800 bits per heavy atom. The predicted molar refractivity (Wildman–Crippen MR) is 126 cm³/mol. The van der Waals surface area contributed by atoms with Crippen LogP contribution in [0.25, 0.3) is 11.1 Å². The molecular weight excluding hydrogens is 368 g/mol. The van der Waals surface area contributed by atoms with Gasteiger partial charge in [0.15, 0.2) is 0 Å². The lowest BCUT2D eigenvalue weighted by molar-refractivity contribution is -0.123. The van der Waals surface area contributed by atoms with E-state index in [9.17, 15) is 4.79 Å². The largest absolute Gasteiger partial charge is 0.494 e. The van der Waals surface area contributed by atoms with Crippen molar-refractivity contribution in [1.82, 2.24) is 0 Å². The van der Waals surface area contributed by atoms with E-state index in [4.69, 9.17) is 4.74 Å². The minimum Gasteiger partial charge on any atom is -0.494 e. The second-order valence-corrected chi connectivity index (χ2v) is 8.86. The molecule has 0 unspecified atom stereocenters. The van der Waals surface area contributed by atoms with Crippen LogP contribution in [0.4, 0.5) is 0 Å². The summed E-state index contributed by atoms with van der Waals surface area (Å²) in [6, 6.07) is 17.0. The Kier molecular flexibility index (Phi) is 8.99. The van der Waals surface area contributed by atoms with Crippen LogP contribution in [0.3, 0.4) is 0 Å². The Hall–Kier alpha value is -2.09. The summed E-state index contributed by atoms with van der Waals surface area (Å²) in [5, 5.41) is 0. The topological polar surface area (TPSA) is 26.3 Å². The van der Waals surface area contributed by atoms with Gasteiger partial charge in [-0.1, -0.05) is 88.8 Å². The van der Waals surface area contributed by atoms with E-state index in [1.807, 2.05) is 0 Å². The second kappa shape index (κ2) is 11.9. The fourth-order valence-corrected chi connectivity index (χ4v) is 4.55. The number of rotatable bonds is 11. The molecule has 2 aromatic carbocycles. The van der Waals surface area contributed by atoms with Gasteiger partial charge in [-0.2, -0.15) is 0 Å². The number of ether oxygens (including phenoxy) is 1. The molecule has 2 atom stereocenters. The summed E-state index contributed by atoms with van der Waals surface area (Å²) >= 11 is 0. The zero-order valence-electron chi connectivity index (χ0n) is 18.9. The third kappa shape index (κ3) is 6.45. The molecule has 2 heteroatoms. The molecule has 0 aromatic heterocycles. The van der Waals surface area contributed by atoms with Crippen molar-refractivity contribution in [3.8, 4) is 16.9 Å². The first-order valence-corrected chi connectivity index (χ1v) is 12.1. The molecule has 1 fully saturated rings. The van der Waals surface area contributed by atoms with Gasteiger partial charge < -0.3 is 4.74 Å². The van der Waals surface area contributed by atoms with E-state index in [2.05, 4.69) is 62.4 Å². The van der Waals surface area contributed by atoms with E-state index in [0.717, 1.165) is 31.6 Å². The number of hydrogen-bond donors (Lipinski definition) is 0. The molecule has 0 amide bonds. The second-order valence-electron chi connectivity index (χ2n) is 8.86. The molecule has 0 N–H and O–H groups in total. The summed E-state index contributed by atoms with van der Waals surface area (Å²) in [5.74, 6) is 2.09. The summed E-state index contributed by atoms with van der Waals surface area (Å²) in [6.45, 7) is 5.25. The maximum Gasteiger partial charge on any atom is 0.140 e. The van der Waals surface area contributed by atoms with E-state index < -0.39 is 0 Å². The molecule has 1 aliphatic carbocycles. The lowest BCUT2D eigenvalue weighted by atomic mass is 9.76. The summed E-state index contributed by atoms with van der Waals surface area (Å²) in [7, 11) is 0. The predicted octanol–water partition coefficient (Wildman–Crippen LogP) is 7.96. The first-order valence-electron chi connectivity index (χ1n) is 12.1. The quantitative estimate of drug-likeness (QED) is 0.354. The van der Waals surface area contributed by atoms with Gasteiger partial charge in [0, 0.05) is 12.3 Å². The van der Waals surface area contributed by atoms with Crippen molar-refractivity contribution in [2.75, 3.05) is 6.61 Å². The Morgan fingerprint density at radius 2 is 1.47 bits per heavy atom. The van der Waals surface area contributed by atoms with Crippen LogP contribution in [-0.2, 0) is 4.79 Å². The SMILES string of the molecule is CCCCCCOc1ccc(-c2ccc([C@@H]3CC[C@@H](CCCC)CC3=O)cc2)cc1. The molecule has 0 heterocycles. The van der Waals surface area contributed by atoms with E-state index in [-0.39, 0.29) is 5.92 Å². The Balaban J connectivity index is 1.53. The minimum atomic E-state index is 0.0976. The maximum absolute atomic E-state index is 12.7. The van der Waals surface area contributed by atoms with Crippen molar-refractivity contribution in [2.45, 2.75) is 84.0 Å². The summed E-state index contributed by atoms with van der Waals surface area (Å²) in [4.78, 5) is 12.7. The lowest BCUT2D eigenvalue weighted by Gasteiger charge is -2.27. The highest BCUT2D eigenvalue weighted by molar-refractivity contribution is 5.86. The maximum atomic E-state index is 12.7. The summed E-state index contributed by atoms with van der Waals surface area (Å²) < 4.78 is 5.85. The minimum absolute atomic E-state index is 0.0976. The van der Waals surface area contributed by atoms with Gasteiger partial charge in [-0.3, -0.25) is 4.79 Å². The normalized spacial score (nSPS) is 19.1. The fourth-order valence-electron chi connectivity index (χ4n) is 4.55. The number of Topliss-reactive ketones (excluding diaryl/α,β-unsaturated/α-hetero) is 1. The summed E-state index contributed by atoms with van der Waals surface area (Å²) in [6.07, 6.45) is 11.6. The van der Waals surface area contributed by atoms with Crippen molar-refractivity contribution in [3.05, 3.63) is 54.1 Å². The van der Waals surface area contributed by atoms with Gasteiger partial charge in [-0.05, 0) is 54.0 Å². The van der Waals surface area contributed by atoms with Gasteiger partial charge in [0.2, 0.25) is 0 Å². The fraction of sp³-hybridized carbons (Fsp3) is 0.536. The molecular formula is C28H38O2. The molecule has 0 bridgehead atoms. The Morgan fingerprint density at radius 3 is 2.10 bits per heavy atom. The third-order valence-electron chi connectivity index (χ3n) is 6.48. The molecule has 2 aromatic rings. The smallest absolute Gasteiger partial charge is 0.140 e. The van der Waals surface area contributed by atoms with E-state index >= 15 is 0 Å². The van der Waals surface area contributed by atoms with Gasteiger partial charge in [0.1, 0.15) is 11.5 Å². The molecule has 0 saturated heterocycles. The molecule has 1 saturated carbocycles. The molecule has 0 aliphatic heterocycles. The molecule has 1 aliphatic rings. The third-order valence-corrected chi connectivity index (χ3v) is 6.48. The van der Waals surface area contributed by atoms with Gasteiger partial charge >= 0.3 is 0 Å². The van der Waals surface area contributed by atoms with Gasteiger partial charge in [0.25, 0.3) is 0 Å². The van der Waals surface area contributed by atoms with Crippen molar-refractivity contribution >= 4 is 5.78 Å². The standard InChI is InChI=1S/C28H38O2/c1-3-5-7-8-20-30-26-17-15-24(16-18-26)23-11-13-25(14-12-23)27-19-10-22(9-6-4-2)21-28(27)29/h11-18,22,27H,3-10,19-21H2,1-2H3/t22-,27+/m1/s1. The van der Waals surface area contributed by atoms with Crippen LogP contribution < -0.4 is 4.74 Å². The highest BCUT2D eigenvalue weighted by atomic mass is 16.5. The van der Waals surface area contributed by atoms with Crippen molar-refractivity contribution in [2.24, 2.45) is 5.92 Å². The zero-order valence-corrected chi connectivity index (χ0v) is 18.9. The van der Waals surface area contributed by atoms with Gasteiger partial charge in [0.05, 0.1) is 6.61 Å². The lowest BCUT2D eigenvalue weighted by Crippen LogP contribution is -2.23. The first-order chi connectivity index (χ1) is 14.7. The molecule has 162 valence electrons. The van der Waals surface area contributed by atoms with Gasteiger partial charge in [-0.15, -0.1) is 0 Å². The van der Waals surface area contributed by atoms with Crippen molar-refractivity contribution in [3.63, 3.8) is 0 Å². The molecule has 3 rings (SSSR count). The number of carbonyl (C=O) groups excluding carboxylic acids is 1. The highest BCUT2D eigenvalue weighted by Gasteiger charge is 2.29. The van der Waals surface area contributed by atoms with Crippen molar-refractivity contribution < 1.29 is 9.53 Å². The van der Waals surface area contributed by atoms with E-state index in [1.165, 1.54) is 61.6 Å². The zero-order chi connectivity index (χ0) is 21.2. The van der Waals surface area contributed by atoms with Crippen molar-refractivity contribution in [1.29, 1.82) is 0 Å². The summed E-state index contributed by atoms with van der Waals surface area (Å²) in [5.41, 5.74) is 3.57. The van der Waals surface area contributed by atoms with Gasteiger partial charge in [-0.25, -0.2) is 0 Å². The number of hydrogen-bond acceptors (Lipinski definition) is 2. The Bertz CT molecular complexity index is 760. The van der Waals surface area contributed by atoms with E-state index in [0.29, 0.717) is 11.7 Å². The molecule has 0 radical (unpaired) electrons. The van der Waals surface area contributed by atoms with Crippen LogP contribution in [0, 0.1) is 5.92 Å². The Labute approximate surface area is 183 Å². The number of unbranched alkanes of at least 4 members (excludes halogenated alkanes) is 4. The monoisotopic (exact) mass is 406 g/mol. The van der Waals surface area contributed by atoms with Crippen LogP contribution in [-0.4, -0.2) is 12.4 Å². The number of carbonyl (C=O) groups is 1. The first kappa shape index (κ1) is 22.6. The van der Waals surface area contributed by atoms with Crippen LogP contribution in [0.15, 0.2) is 48.5 Å². The van der Waals surface area contributed by atoms with Crippen LogP contribution >= 0.6 is 0 Å². The molecule has 0 spiro atoms. The molecule has 30 heavy (non-hydrogen) atoms. The van der Waals surface area contributed by atoms with Crippen LogP contribution in [0.5, 0.6) is 5.75 Å².